The van der Waals surface area contributed by atoms with Crippen LogP contribution in [0.25, 0.3) is 43.8 Å². The van der Waals surface area contributed by atoms with Gasteiger partial charge in [-0.15, -0.1) is 93.7 Å². The van der Waals surface area contributed by atoms with E-state index < -0.39 is 0 Å². The van der Waals surface area contributed by atoms with Crippen LogP contribution < -0.4 is 20.0 Å². The van der Waals surface area contributed by atoms with Gasteiger partial charge in [-0.3, -0.25) is 0 Å². The van der Waals surface area contributed by atoms with Crippen LogP contribution in [-0.2, 0) is 20.0 Å². The molecular weight excluding hydrogens is 648 g/mol. The fraction of sp³-hybridized carbons (Fsp3) is 0.222. The Morgan fingerprint density at radius 1 is 0.560 bits per heavy atom. The molecule has 6 aromatic rings. The molecule has 0 unspecified atom stereocenters. The first-order valence-corrected chi connectivity index (χ1v) is 17.3. The molecule has 6 rings (SSSR count). The van der Waals surface area contributed by atoms with Crippen molar-refractivity contribution < 1.29 is 30.2 Å². The van der Waals surface area contributed by atoms with Crippen molar-refractivity contribution in [3.05, 3.63) is 145 Å². The van der Waals surface area contributed by atoms with E-state index in [-0.39, 0.29) is 11.5 Å². The molecule has 0 aliphatic rings. The van der Waals surface area contributed by atoms with E-state index in [2.05, 4.69) is 208 Å². The van der Waals surface area contributed by atoms with E-state index in [1.807, 2.05) is 0 Å². The topological polar surface area (TPSA) is 52.6 Å². The second-order valence-electron chi connectivity index (χ2n) is 13.0. The van der Waals surface area contributed by atoms with Gasteiger partial charge in [-0.25, -0.2) is 0 Å². The van der Waals surface area contributed by atoms with Gasteiger partial charge in [0.25, 0.3) is 0 Å². The van der Waals surface area contributed by atoms with Crippen molar-refractivity contribution in [3.8, 4) is 22.3 Å². The number of fused-ring (bicyclic) bond motifs is 2. The molecule has 0 spiro atoms. The molecule has 0 N–H and O–H groups in total. The molecule has 0 aromatic heterocycles. The molecule has 0 atom stereocenters. The molecule has 0 saturated heterocycles. The van der Waals surface area contributed by atoms with E-state index in [9.17, 15) is 10.2 Å². The molecule has 0 amide bonds. The van der Waals surface area contributed by atoms with Crippen LogP contribution in [0.15, 0.2) is 134 Å². The monoisotopic (exact) mass is 700 g/mol. The Morgan fingerprint density at radius 2 is 0.840 bits per heavy atom. The minimum absolute atomic E-state index is 0.0833. The Balaban J connectivity index is 0.000000264. The maximum absolute atomic E-state index is 9.33. The van der Waals surface area contributed by atoms with Gasteiger partial charge in [-0.2, -0.15) is 12.1 Å². The molecule has 260 valence electrons. The standard InChI is InChI=1S/2C18H18N.2C3H6O.C3H6.Ti/c2*1-13-11-15-5-4-6-17(18(15)12-13)14-7-9-16(10-8-14)19(2)3;2*1-3(2)4;1-3-2;/h2*4-12H,1-3H3;2*4H,1H2,2H3;1-2H3;/q2*-1;;;;+2/p-2. The zero-order valence-corrected chi connectivity index (χ0v) is 33.1. The zero-order valence-electron chi connectivity index (χ0n) is 31.5. The maximum Gasteiger partial charge on any atom is 0.0361 e. The number of anilines is 2. The van der Waals surface area contributed by atoms with Gasteiger partial charge in [0.05, 0.1) is 0 Å². The molecule has 0 fully saturated rings. The number of aryl methyl sites for hydroxylation is 2. The number of benzene rings is 4. The Morgan fingerprint density at radius 3 is 1.10 bits per heavy atom. The molecule has 0 aliphatic heterocycles. The predicted molar refractivity (Wildman–Crippen MR) is 214 cm³/mol. The fourth-order valence-electron chi connectivity index (χ4n) is 5.15. The summed E-state index contributed by atoms with van der Waals surface area (Å²) >= 11 is 2.08. The summed E-state index contributed by atoms with van der Waals surface area (Å²) in [6.07, 6.45) is 0. The van der Waals surface area contributed by atoms with Crippen LogP contribution in [0, 0.1) is 13.8 Å². The number of allylic oxidation sites excluding steroid dienone is 2. The van der Waals surface area contributed by atoms with Crippen molar-refractivity contribution in [1.82, 2.24) is 0 Å². The fourth-order valence-corrected chi connectivity index (χ4v) is 5.15. The van der Waals surface area contributed by atoms with Crippen molar-refractivity contribution >= 4 is 36.7 Å². The maximum atomic E-state index is 9.33. The van der Waals surface area contributed by atoms with Crippen molar-refractivity contribution in [3.63, 3.8) is 0 Å². The minimum Gasteiger partial charge on any atom is -0.378 e. The van der Waals surface area contributed by atoms with Gasteiger partial charge in [-0.1, -0.05) is 75.2 Å². The second-order valence-corrected chi connectivity index (χ2v) is 14.5. The molecule has 0 heterocycles. The Labute approximate surface area is 312 Å². The molecule has 0 saturated carbocycles. The summed E-state index contributed by atoms with van der Waals surface area (Å²) < 4.78 is 1.42. The van der Waals surface area contributed by atoms with Gasteiger partial charge >= 0.3 is 37.6 Å². The molecule has 0 radical (unpaired) electrons. The first-order chi connectivity index (χ1) is 23.5. The third-order valence-corrected chi connectivity index (χ3v) is 7.18. The predicted octanol–water partition coefficient (Wildman–Crippen LogP) is 9.71. The molecule has 5 heteroatoms. The third kappa shape index (κ3) is 13.7. The van der Waals surface area contributed by atoms with E-state index in [0.717, 1.165) is 0 Å². The van der Waals surface area contributed by atoms with Crippen LogP contribution in [0.2, 0.25) is 0 Å². The second kappa shape index (κ2) is 20.1. The molecule has 6 aromatic carbocycles. The Kier molecular flexibility index (Phi) is 16.7. The van der Waals surface area contributed by atoms with Crippen molar-refractivity contribution in [1.29, 1.82) is 0 Å². The summed E-state index contributed by atoms with van der Waals surface area (Å²) in [5, 5.41) is 24.0. The number of rotatable bonds is 4. The average Bonchev–Trinajstić information content (AvgIpc) is 3.61. The summed E-state index contributed by atoms with van der Waals surface area (Å²) in [4.78, 5) is 4.24. The number of hydrogen-bond acceptors (Lipinski definition) is 4. The molecule has 0 bridgehead atoms. The normalized spacial score (nSPS) is 9.84. The number of nitrogens with zero attached hydrogens (tertiary/aromatic N) is 2. The van der Waals surface area contributed by atoms with Crippen LogP contribution in [0.3, 0.4) is 0 Å². The first kappa shape index (κ1) is 41.5. The molecule has 4 nitrogen and oxygen atoms in total. The van der Waals surface area contributed by atoms with E-state index in [0.29, 0.717) is 0 Å². The van der Waals surface area contributed by atoms with Gasteiger partial charge in [0.2, 0.25) is 0 Å². The summed E-state index contributed by atoms with van der Waals surface area (Å²) in [7, 11) is 8.26. The van der Waals surface area contributed by atoms with Crippen LogP contribution in [-0.4, -0.2) is 32.0 Å². The van der Waals surface area contributed by atoms with Crippen LogP contribution >= 0.6 is 0 Å². The van der Waals surface area contributed by atoms with Crippen molar-refractivity contribution in [2.75, 3.05) is 38.0 Å². The van der Waals surface area contributed by atoms with E-state index in [1.165, 1.54) is 84.0 Å². The first-order valence-electron chi connectivity index (χ1n) is 16.5. The molecule has 50 heavy (non-hydrogen) atoms. The minimum atomic E-state index is -0.0833. The Hall–Kier alpha value is -4.64. The largest absolute Gasteiger partial charge is 0.378 e. The van der Waals surface area contributed by atoms with Gasteiger partial charge in [-0.05, 0) is 35.4 Å². The van der Waals surface area contributed by atoms with Crippen LogP contribution in [0.5, 0.6) is 0 Å². The zero-order chi connectivity index (χ0) is 37.5. The number of hydrogen-bond donors (Lipinski definition) is 0. The third-order valence-electron chi connectivity index (χ3n) is 7.18. The summed E-state index contributed by atoms with van der Waals surface area (Å²) in [6.45, 7) is 17.3. The average molecular weight is 701 g/mol. The van der Waals surface area contributed by atoms with Gasteiger partial charge < -0.3 is 20.0 Å². The van der Waals surface area contributed by atoms with Gasteiger partial charge in [0.1, 0.15) is 0 Å². The summed E-state index contributed by atoms with van der Waals surface area (Å²) in [6, 6.07) is 39.5. The Bertz CT molecular complexity index is 1810. The van der Waals surface area contributed by atoms with E-state index in [1.54, 1.807) is 0 Å². The van der Waals surface area contributed by atoms with Crippen LogP contribution in [0.1, 0.15) is 38.8 Å². The van der Waals surface area contributed by atoms with Gasteiger partial charge in [0.15, 0.2) is 0 Å². The van der Waals surface area contributed by atoms with Crippen LogP contribution in [0.4, 0.5) is 11.4 Å². The quantitative estimate of drug-likeness (QED) is 0.104. The summed E-state index contributed by atoms with van der Waals surface area (Å²) in [5.74, 6) is -0.167. The van der Waals surface area contributed by atoms with E-state index >= 15 is 0 Å². The van der Waals surface area contributed by atoms with Crippen molar-refractivity contribution in [2.24, 2.45) is 0 Å². The summed E-state index contributed by atoms with van der Waals surface area (Å²) in [5.41, 5.74) is 10.3. The molecule has 0 aliphatic carbocycles. The van der Waals surface area contributed by atoms with Crippen molar-refractivity contribution in [2.45, 2.75) is 41.5 Å². The SMILES string of the molecule is C=C(C)[O-].C=C(C)[O-].C[C](C)=[Ti+2].Cc1cc2c(-c3ccc(N(C)C)cc3)cccc2[cH-]1.Cc1cc2c(-c3ccc(N(C)C)cc3)cccc2[cH-]1. The smallest absolute Gasteiger partial charge is 0.0361 e. The molecular formula is C45H52N2O2Ti-2. The van der Waals surface area contributed by atoms with Gasteiger partial charge in [0, 0.05) is 39.6 Å². The van der Waals surface area contributed by atoms with E-state index in [4.69, 9.17) is 0 Å².